The lowest BCUT2D eigenvalue weighted by Gasteiger charge is -2.30. The van der Waals surface area contributed by atoms with Gasteiger partial charge in [0.2, 0.25) is 23.6 Å². The van der Waals surface area contributed by atoms with Crippen molar-refractivity contribution in [2.45, 2.75) is 50.8 Å². The second-order valence-electron chi connectivity index (χ2n) is 13.3. The van der Waals surface area contributed by atoms with E-state index < -0.39 is 12.6 Å². The van der Waals surface area contributed by atoms with Gasteiger partial charge in [0, 0.05) is 60.1 Å². The van der Waals surface area contributed by atoms with Gasteiger partial charge in [-0.3, -0.25) is 28.6 Å². The van der Waals surface area contributed by atoms with E-state index >= 15 is 0 Å². The number of methoxy groups -OCH3 is 3. The molecule has 1 unspecified atom stereocenters. The average Bonchev–Trinajstić information content (AvgIpc) is 3.16. The first-order valence-electron chi connectivity index (χ1n) is 19.0. The normalized spacial score (nSPS) is 17.2. The highest BCUT2D eigenvalue weighted by Crippen LogP contribution is 2.50. The molecule has 1 saturated carbocycles. The van der Waals surface area contributed by atoms with Gasteiger partial charge in [-0.05, 0) is 43.2 Å². The minimum Gasteiger partial charge on any atom is -0.382 e. The number of hydrogen-bond acceptors (Lipinski definition) is 13. The van der Waals surface area contributed by atoms with Crippen molar-refractivity contribution in [3.8, 4) is 0 Å². The molecule has 1 aliphatic rings. The zero-order chi connectivity index (χ0) is 41.0. The summed E-state index contributed by atoms with van der Waals surface area (Å²) in [4.78, 5) is 54.6. The van der Waals surface area contributed by atoms with Gasteiger partial charge in [0.15, 0.2) is 0 Å². The zero-order valence-corrected chi connectivity index (χ0v) is 35.2. The molecule has 1 aromatic rings. The van der Waals surface area contributed by atoms with E-state index in [1.165, 1.54) is 6.66 Å². The van der Waals surface area contributed by atoms with Crippen molar-refractivity contribution in [3.05, 3.63) is 35.4 Å². The summed E-state index contributed by atoms with van der Waals surface area (Å²) in [6.45, 7) is 2.34. The van der Waals surface area contributed by atoms with Crippen LogP contribution >= 0.6 is 18.8 Å². The number of carbonyl (C=O) groups is 4. The topological polar surface area (TPSA) is 201 Å². The van der Waals surface area contributed by atoms with Gasteiger partial charge in [0.1, 0.15) is 0 Å². The number of carbonyl (C=O) groups excluding carboxylic acids is 4. The molecule has 320 valence electrons. The van der Waals surface area contributed by atoms with Gasteiger partial charge in [-0.15, -0.1) is 0 Å². The third-order valence-corrected chi connectivity index (χ3v) is 9.70. The van der Waals surface area contributed by atoms with Crippen LogP contribution < -0.4 is 21.3 Å². The van der Waals surface area contributed by atoms with Crippen molar-refractivity contribution >= 4 is 42.4 Å². The average molecular weight is 834 g/mol. The summed E-state index contributed by atoms with van der Waals surface area (Å²) in [5.74, 6) is -1.33. The van der Waals surface area contributed by atoms with Gasteiger partial charge < -0.3 is 54.2 Å². The molecule has 1 fully saturated rings. The number of rotatable bonds is 31. The molecule has 0 saturated heterocycles. The van der Waals surface area contributed by atoms with Gasteiger partial charge in [-0.25, -0.2) is 0 Å². The summed E-state index contributed by atoms with van der Waals surface area (Å²) in [6.07, 6.45) is 2.61. The van der Waals surface area contributed by atoms with Gasteiger partial charge >= 0.3 is 0 Å². The smallest absolute Gasteiger partial charge is 0.252 e. The lowest BCUT2D eigenvalue weighted by Crippen LogP contribution is -2.54. The van der Waals surface area contributed by atoms with Gasteiger partial charge in [0.05, 0.1) is 84.7 Å². The lowest BCUT2D eigenvalue weighted by molar-refractivity contribution is -0.132. The molecule has 0 aliphatic heterocycles. The molecule has 0 radical (unpaired) electrons. The van der Waals surface area contributed by atoms with Crippen LogP contribution in [0.3, 0.4) is 0 Å². The van der Waals surface area contributed by atoms with Gasteiger partial charge in [0.25, 0.3) is 6.57 Å². The Labute approximate surface area is 336 Å². The number of benzene rings is 1. The van der Waals surface area contributed by atoms with Crippen LogP contribution in [-0.2, 0) is 69.7 Å². The first-order chi connectivity index (χ1) is 26.9. The molecule has 4 amide bonds. The van der Waals surface area contributed by atoms with E-state index in [9.17, 15) is 23.7 Å². The highest BCUT2D eigenvalue weighted by Gasteiger charge is 2.31. The molecule has 56 heavy (non-hydrogen) atoms. The number of hydrogen-bond donors (Lipinski definition) is 5. The molecule has 0 spiro atoms. The van der Waals surface area contributed by atoms with E-state index in [0.717, 1.165) is 11.1 Å². The highest BCUT2D eigenvalue weighted by molar-refractivity contribution is 8.46. The van der Waals surface area contributed by atoms with Crippen LogP contribution in [0.4, 0.5) is 0 Å². The zero-order valence-electron chi connectivity index (χ0n) is 33.4. The van der Waals surface area contributed by atoms with Crippen LogP contribution in [0.1, 0.15) is 36.8 Å². The Kier molecular flexibility index (Phi) is 26.1. The molecule has 2 atom stereocenters. The number of ether oxygens (including phenoxy) is 6. The van der Waals surface area contributed by atoms with E-state index in [4.69, 9.17) is 32.9 Å². The Morgan fingerprint density at radius 1 is 0.696 bits per heavy atom. The molecule has 17 nitrogen and oxygen atoms in total. The second kappa shape index (κ2) is 29.6. The summed E-state index contributed by atoms with van der Waals surface area (Å²) in [6, 6.07) is 6.58. The van der Waals surface area contributed by atoms with E-state index in [2.05, 4.69) is 33.5 Å². The first-order valence-corrected chi connectivity index (χ1v) is 22.3. The summed E-state index contributed by atoms with van der Waals surface area (Å²) in [5.41, 5.74) is 1.66. The van der Waals surface area contributed by atoms with E-state index in [1.807, 2.05) is 24.3 Å². The van der Waals surface area contributed by atoms with Crippen molar-refractivity contribution in [3.63, 3.8) is 0 Å². The monoisotopic (exact) mass is 833 g/mol. The lowest BCUT2D eigenvalue weighted by atomic mass is 9.87. The molecule has 1 aromatic carbocycles. The quantitative estimate of drug-likeness (QED) is 0.0406. The molecule has 2 rings (SSSR count). The fourth-order valence-corrected chi connectivity index (χ4v) is 6.99. The van der Waals surface area contributed by atoms with Crippen molar-refractivity contribution in [2.75, 3.05) is 120 Å². The van der Waals surface area contributed by atoms with Gasteiger partial charge in [-0.2, -0.15) is 0 Å². The molecule has 0 aromatic heterocycles. The minimum atomic E-state index is -2.89. The first kappa shape index (κ1) is 49.5. The van der Waals surface area contributed by atoms with Crippen molar-refractivity contribution in [2.24, 2.45) is 5.92 Å². The molecular weight excluding hydrogens is 769 g/mol. The Hall–Kier alpha value is -2.64. The maximum Gasteiger partial charge on any atom is 0.252 e. The number of nitrogens with zero attached hydrogens (tertiary/aromatic N) is 1. The molecular formula is C37H64N5O12PS. The Balaban J connectivity index is 2.13. The molecule has 0 heterocycles. The van der Waals surface area contributed by atoms with E-state index in [-0.39, 0.29) is 94.6 Å². The standard InChI is InChI=1S/C37H64N5O12PS/c1-48-19-22-51-16-13-38-34(43)27-42(28-35(44)39-14-17-52-23-20-49-2)33(37(46)40-15-18-53-24-21-50-3)25-29-5-7-30(8-6-29)26-41-36(45)31-9-11-32(12-10-31)54-55(4,47)56/h5-8,31-33H,9-28H2,1-4H3,(H,38,43)(H,39,44)(H,40,46)(H,41,45)(H,47,56)/t31?,32?,33-,55?/m1/s1. The third kappa shape index (κ3) is 22.9. The SMILES string of the molecule is COCCOCCNC(=O)CN(CC(=O)NCCOCCOC)[C@H](Cc1ccc(CNC(=O)C2CCC(OP(C)(=O)S)CC2)cc1)C(=O)NCCOCCOC. The molecule has 1 aliphatic carbocycles. The number of thiol groups is 1. The van der Waals surface area contributed by atoms with Crippen LogP contribution in [0.25, 0.3) is 0 Å². The van der Waals surface area contributed by atoms with E-state index in [0.29, 0.717) is 71.9 Å². The maximum absolute atomic E-state index is 13.8. The molecule has 19 heteroatoms. The third-order valence-electron chi connectivity index (χ3n) is 8.72. The summed E-state index contributed by atoms with van der Waals surface area (Å²) in [5, 5.41) is 11.5. The Bertz CT molecular complexity index is 1290. The van der Waals surface area contributed by atoms with Crippen molar-refractivity contribution in [1.29, 1.82) is 0 Å². The van der Waals surface area contributed by atoms with Gasteiger partial charge in [-0.1, -0.05) is 36.5 Å². The van der Waals surface area contributed by atoms with Crippen LogP contribution in [0.2, 0.25) is 0 Å². The number of amides is 4. The summed E-state index contributed by atoms with van der Waals surface area (Å²) < 4.78 is 48.8. The van der Waals surface area contributed by atoms with Crippen LogP contribution in [0.15, 0.2) is 24.3 Å². The fraction of sp³-hybridized carbons (Fsp3) is 0.730. The Morgan fingerprint density at radius 2 is 1.16 bits per heavy atom. The van der Waals surface area contributed by atoms with Crippen molar-refractivity contribution < 1.29 is 56.7 Å². The molecule has 4 N–H and O–H groups in total. The minimum absolute atomic E-state index is 0.0451. The van der Waals surface area contributed by atoms with Crippen LogP contribution in [0.5, 0.6) is 0 Å². The van der Waals surface area contributed by atoms with Crippen molar-refractivity contribution in [1.82, 2.24) is 26.2 Å². The highest BCUT2D eigenvalue weighted by atomic mass is 32.7. The fourth-order valence-electron chi connectivity index (χ4n) is 5.82. The molecule has 0 bridgehead atoms. The summed E-state index contributed by atoms with van der Waals surface area (Å²) in [7, 11) is 4.72. The van der Waals surface area contributed by atoms with E-state index in [1.54, 1.807) is 26.2 Å². The van der Waals surface area contributed by atoms with Crippen LogP contribution in [-0.4, -0.2) is 161 Å². The largest absolute Gasteiger partial charge is 0.382 e. The summed E-state index contributed by atoms with van der Waals surface area (Å²) >= 11 is 4.02. The predicted molar refractivity (Wildman–Crippen MR) is 214 cm³/mol. The second-order valence-corrected chi connectivity index (χ2v) is 17.3. The Morgan fingerprint density at radius 3 is 1.62 bits per heavy atom. The van der Waals surface area contributed by atoms with Crippen LogP contribution in [0, 0.1) is 5.92 Å². The number of nitrogens with one attached hydrogen (secondary N) is 4. The predicted octanol–water partition coefficient (Wildman–Crippen LogP) is 1.18. The maximum atomic E-state index is 13.8.